The minimum absolute atomic E-state index is 0.152. The van der Waals surface area contributed by atoms with Crippen molar-refractivity contribution in [3.8, 4) is 0 Å². The predicted octanol–water partition coefficient (Wildman–Crippen LogP) is 3.31. The Labute approximate surface area is 164 Å². The van der Waals surface area contributed by atoms with Gasteiger partial charge in [0.2, 0.25) is 15.9 Å². The van der Waals surface area contributed by atoms with Crippen LogP contribution in [0.4, 0.5) is 11.4 Å². The molecule has 152 valence electrons. The summed E-state index contributed by atoms with van der Waals surface area (Å²) < 4.78 is 25.2. The van der Waals surface area contributed by atoms with Crippen LogP contribution >= 0.6 is 0 Å². The van der Waals surface area contributed by atoms with E-state index in [0.717, 1.165) is 25.2 Å². The van der Waals surface area contributed by atoms with Crippen molar-refractivity contribution in [2.45, 2.75) is 46.0 Å². The number of benzene rings is 1. The van der Waals surface area contributed by atoms with E-state index in [1.165, 1.54) is 35.5 Å². The Morgan fingerprint density at radius 2 is 1.74 bits per heavy atom. The second kappa shape index (κ2) is 10.1. The molecule has 1 fully saturated rings. The van der Waals surface area contributed by atoms with E-state index in [9.17, 15) is 13.2 Å². The van der Waals surface area contributed by atoms with E-state index in [0.29, 0.717) is 12.5 Å². The molecule has 1 amide bonds. The summed E-state index contributed by atoms with van der Waals surface area (Å²) in [7, 11) is -3.30. The Bertz CT molecular complexity index is 696. The van der Waals surface area contributed by atoms with Gasteiger partial charge in [-0.1, -0.05) is 13.8 Å². The zero-order valence-electron chi connectivity index (χ0n) is 16.8. The summed E-state index contributed by atoms with van der Waals surface area (Å²) in [5, 5.41) is 2.86. The molecule has 1 aliphatic rings. The van der Waals surface area contributed by atoms with Gasteiger partial charge in [0, 0.05) is 44.0 Å². The van der Waals surface area contributed by atoms with E-state index in [2.05, 4.69) is 24.1 Å². The average Bonchev–Trinajstić information content (AvgIpc) is 2.61. The smallest absolute Gasteiger partial charge is 0.225 e. The average molecular weight is 396 g/mol. The molecule has 0 aliphatic carbocycles. The van der Waals surface area contributed by atoms with Crippen molar-refractivity contribution in [3.63, 3.8) is 0 Å². The van der Waals surface area contributed by atoms with Crippen molar-refractivity contribution < 1.29 is 13.2 Å². The number of anilines is 2. The molecular weight excluding hydrogens is 362 g/mol. The maximum absolute atomic E-state index is 12.2. The first-order valence-electron chi connectivity index (χ1n) is 9.85. The monoisotopic (exact) mass is 395 g/mol. The van der Waals surface area contributed by atoms with Crippen LogP contribution < -0.4 is 10.2 Å². The summed E-state index contributed by atoms with van der Waals surface area (Å²) in [6.45, 7) is 6.95. The van der Waals surface area contributed by atoms with Gasteiger partial charge in [0.1, 0.15) is 0 Å². The van der Waals surface area contributed by atoms with E-state index >= 15 is 0 Å². The van der Waals surface area contributed by atoms with Gasteiger partial charge < -0.3 is 10.2 Å². The molecule has 27 heavy (non-hydrogen) atoms. The molecule has 0 aromatic heterocycles. The Kier molecular flexibility index (Phi) is 8.10. The Balaban J connectivity index is 1.85. The lowest BCUT2D eigenvalue weighted by Gasteiger charge is -2.28. The summed E-state index contributed by atoms with van der Waals surface area (Å²) in [6, 6.07) is 7.89. The quantitative estimate of drug-likeness (QED) is 0.696. The number of hydrogen-bond acceptors (Lipinski definition) is 4. The fourth-order valence-corrected chi connectivity index (χ4v) is 4.06. The lowest BCUT2D eigenvalue weighted by Crippen LogP contribution is -2.34. The van der Waals surface area contributed by atoms with E-state index in [4.69, 9.17) is 0 Å². The van der Waals surface area contributed by atoms with Crippen LogP contribution in [0.1, 0.15) is 46.0 Å². The van der Waals surface area contributed by atoms with Crippen molar-refractivity contribution in [1.29, 1.82) is 0 Å². The highest BCUT2D eigenvalue weighted by molar-refractivity contribution is 7.88. The zero-order valence-corrected chi connectivity index (χ0v) is 17.6. The molecule has 1 heterocycles. The van der Waals surface area contributed by atoms with Gasteiger partial charge in [0.25, 0.3) is 0 Å². The molecule has 1 aromatic rings. The highest BCUT2D eigenvalue weighted by Gasteiger charge is 2.18. The highest BCUT2D eigenvalue weighted by Crippen LogP contribution is 2.21. The molecule has 1 N–H and O–H groups in total. The highest BCUT2D eigenvalue weighted by atomic mass is 32.2. The molecular formula is C20H33N3O3S. The van der Waals surface area contributed by atoms with Gasteiger partial charge in [-0.2, -0.15) is 0 Å². The summed E-state index contributed by atoms with van der Waals surface area (Å²) in [5.74, 6) is 0.250. The third-order valence-electron chi connectivity index (χ3n) is 4.89. The van der Waals surface area contributed by atoms with Gasteiger partial charge in [-0.05, 0) is 55.9 Å². The number of rotatable bonds is 9. The lowest BCUT2D eigenvalue weighted by atomic mass is 10.1. The molecule has 1 saturated heterocycles. The van der Waals surface area contributed by atoms with Crippen LogP contribution in [0, 0.1) is 5.92 Å². The van der Waals surface area contributed by atoms with Gasteiger partial charge >= 0.3 is 0 Å². The van der Waals surface area contributed by atoms with E-state index < -0.39 is 10.0 Å². The van der Waals surface area contributed by atoms with Crippen LogP contribution in [0.15, 0.2) is 24.3 Å². The number of nitrogens with one attached hydrogen (secondary N) is 1. The van der Waals surface area contributed by atoms with Crippen molar-refractivity contribution in [2.24, 2.45) is 5.92 Å². The van der Waals surface area contributed by atoms with Gasteiger partial charge in [-0.25, -0.2) is 12.7 Å². The molecule has 0 spiro atoms. The van der Waals surface area contributed by atoms with Crippen LogP contribution in [0.25, 0.3) is 0 Å². The van der Waals surface area contributed by atoms with Gasteiger partial charge in [0.15, 0.2) is 0 Å². The second-order valence-electron chi connectivity index (χ2n) is 7.74. The topological polar surface area (TPSA) is 69.7 Å². The number of piperidine rings is 1. The summed E-state index contributed by atoms with van der Waals surface area (Å²) in [6.07, 6.45) is 5.89. The fourth-order valence-electron chi connectivity index (χ4n) is 3.20. The SMILES string of the molecule is CC(C)CCN(CCC(=O)Nc1ccc(N2CCCCC2)cc1)S(C)(=O)=O. The van der Waals surface area contributed by atoms with Crippen molar-refractivity contribution in [3.05, 3.63) is 24.3 Å². The number of sulfonamides is 1. The fraction of sp³-hybridized carbons (Fsp3) is 0.650. The predicted molar refractivity (Wildman–Crippen MR) is 112 cm³/mol. The molecule has 6 nitrogen and oxygen atoms in total. The molecule has 0 radical (unpaired) electrons. The number of nitrogens with zero attached hydrogens (tertiary/aromatic N) is 2. The number of hydrogen-bond donors (Lipinski definition) is 1. The first kappa shape index (κ1) is 21.7. The van der Waals surface area contributed by atoms with Gasteiger partial charge in [0.05, 0.1) is 6.26 Å². The van der Waals surface area contributed by atoms with Crippen LogP contribution in [0.3, 0.4) is 0 Å². The van der Waals surface area contributed by atoms with Gasteiger partial charge in [-0.3, -0.25) is 4.79 Å². The van der Waals surface area contributed by atoms with Crippen LogP contribution in [0.2, 0.25) is 0 Å². The number of carbonyl (C=O) groups is 1. The summed E-state index contributed by atoms with van der Waals surface area (Å²) in [4.78, 5) is 14.6. The molecule has 2 rings (SSSR count). The van der Waals surface area contributed by atoms with Crippen molar-refractivity contribution in [2.75, 3.05) is 42.7 Å². The minimum Gasteiger partial charge on any atom is -0.372 e. The third kappa shape index (κ3) is 7.50. The van der Waals surface area contributed by atoms with Crippen LogP contribution in [-0.2, 0) is 14.8 Å². The maximum Gasteiger partial charge on any atom is 0.225 e. The molecule has 0 saturated carbocycles. The van der Waals surface area contributed by atoms with Crippen LogP contribution in [0.5, 0.6) is 0 Å². The Morgan fingerprint density at radius 1 is 1.11 bits per heavy atom. The van der Waals surface area contributed by atoms with E-state index in [1.54, 1.807) is 0 Å². The summed E-state index contributed by atoms with van der Waals surface area (Å²) >= 11 is 0. The van der Waals surface area contributed by atoms with Crippen LogP contribution in [-0.4, -0.2) is 51.1 Å². The van der Waals surface area contributed by atoms with E-state index in [1.807, 2.05) is 24.3 Å². The second-order valence-corrected chi connectivity index (χ2v) is 9.72. The third-order valence-corrected chi connectivity index (χ3v) is 6.19. The first-order chi connectivity index (χ1) is 12.8. The Hall–Kier alpha value is -1.60. The van der Waals surface area contributed by atoms with Crippen molar-refractivity contribution >= 4 is 27.3 Å². The summed E-state index contributed by atoms with van der Waals surface area (Å²) in [5.41, 5.74) is 1.93. The lowest BCUT2D eigenvalue weighted by molar-refractivity contribution is -0.116. The molecule has 7 heteroatoms. The maximum atomic E-state index is 12.2. The molecule has 1 aromatic carbocycles. The Morgan fingerprint density at radius 3 is 2.30 bits per heavy atom. The first-order valence-corrected chi connectivity index (χ1v) is 11.7. The molecule has 0 atom stereocenters. The normalized spacial score (nSPS) is 15.4. The standard InChI is InChI=1S/C20H33N3O3S/c1-17(2)11-15-23(27(3,25)26)16-12-20(24)21-18-7-9-19(10-8-18)22-13-5-4-6-14-22/h7-10,17H,4-6,11-16H2,1-3H3,(H,21,24). The molecule has 0 bridgehead atoms. The molecule has 1 aliphatic heterocycles. The zero-order chi connectivity index (χ0) is 19.9. The minimum atomic E-state index is -3.30. The van der Waals surface area contributed by atoms with Gasteiger partial charge in [-0.15, -0.1) is 0 Å². The number of carbonyl (C=O) groups excluding carboxylic acids is 1. The largest absolute Gasteiger partial charge is 0.372 e. The van der Waals surface area contributed by atoms with Crippen molar-refractivity contribution in [1.82, 2.24) is 4.31 Å². The molecule has 0 unspecified atom stereocenters. The number of amides is 1. The van der Waals surface area contributed by atoms with E-state index in [-0.39, 0.29) is 18.9 Å².